The summed E-state index contributed by atoms with van der Waals surface area (Å²) < 4.78 is 5.36. The van der Waals surface area contributed by atoms with Crippen LogP contribution in [0.2, 0.25) is 0 Å². The summed E-state index contributed by atoms with van der Waals surface area (Å²) in [6, 6.07) is 10.3. The lowest BCUT2D eigenvalue weighted by atomic mass is 10.1. The zero-order valence-electron chi connectivity index (χ0n) is 16.1. The Morgan fingerprint density at radius 1 is 1.18 bits per heavy atom. The van der Waals surface area contributed by atoms with Crippen LogP contribution >= 0.6 is 12.4 Å². The molecule has 1 aromatic carbocycles. The number of fused-ring (bicyclic) bond motifs is 2. The van der Waals surface area contributed by atoms with E-state index in [9.17, 15) is 4.79 Å². The quantitative estimate of drug-likeness (QED) is 0.602. The zero-order valence-corrected chi connectivity index (χ0v) is 16.9. The highest BCUT2D eigenvalue weighted by molar-refractivity contribution is 6.05. The van der Waals surface area contributed by atoms with Crippen LogP contribution < -0.4 is 5.32 Å². The van der Waals surface area contributed by atoms with Gasteiger partial charge in [0.2, 0.25) is 0 Å². The van der Waals surface area contributed by atoms with E-state index in [0.717, 1.165) is 36.0 Å². The van der Waals surface area contributed by atoms with Crippen LogP contribution in [0.15, 0.2) is 36.5 Å². The number of aromatic nitrogens is 2. The van der Waals surface area contributed by atoms with Crippen molar-refractivity contribution in [1.82, 2.24) is 9.97 Å². The number of hydrogen-bond donors (Lipinski definition) is 1. The van der Waals surface area contributed by atoms with Crippen molar-refractivity contribution in [2.75, 3.05) is 11.9 Å². The normalized spacial score (nSPS) is 12.4. The van der Waals surface area contributed by atoms with Gasteiger partial charge in [-0.2, -0.15) is 0 Å². The van der Waals surface area contributed by atoms with Crippen molar-refractivity contribution in [2.45, 2.75) is 39.5 Å². The van der Waals surface area contributed by atoms with E-state index in [4.69, 9.17) is 4.74 Å². The fraction of sp³-hybridized carbons (Fsp3) is 0.318. The van der Waals surface area contributed by atoms with Crippen LogP contribution in [0.5, 0.6) is 0 Å². The number of anilines is 2. The van der Waals surface area contributed by atoms with Crippen LogP contribution in [-0.4, -0.2) is 22.5 Å². The molecule has 0 saturated carbocycles. The summed E-state index contributed by atoms with van der Waals surface area (Å²) in [5.74, 6) is -0.365. The molecule has 0 saturated heterocycles. The lowest BCUT2D eigenvalue weighted by Gasteiger charge is -2.15. The summed E-state index contributed by atoms with van der Waals surface area (Å²) in [6.07, 6.45) is 5.79. The van der Waals surface area contributed by atoms with Gasteiger partial charge in [-0.3, -0.25) is 0 Å². The van der Waals surface area contributed by atoms with E-state index in [1.165, 1.54) is 17.5 Å². The number of nitrogens with one attached hydrogen (secondary N) is 1. The molecular formula is C22H24ClN3O2. The molecule has 2 aromatic heterocycles. The van der Waals surface area contributed by atoms with Crippen molar-refractivity contribution in [3.63, 3.8) is 0 Å². The summed E-state index contributed by atoms with van der Waals surface area (Å²) in [4.78, 5) is 21.5. The first-order valence-electron chi connectivity index (χ1n) is 9.48. The van der Waals surface area contributed by atoms with Gasteiger partial charge in [-0.25, -0.2) is 14.8 Å². The molecule has 2 heterocycles. The van der Waals surface area contributed by atoms with Gasteiger partial charge in [-0.05, 0) is 68.0 Å². The molecule has 0 unspecified atom stereocenters. The minimum absolute atomic E-state index is 0. The highest BCUT2D eigenvalue weighted by atomic mass is 35.5. The number of aryl methyl sites for hydroxylation is 3. The molecule has 1 aliphatic carbocycles. The first kappa shape index (κ1) is 20.1. The number of pyridine rings is 2. The van der Waals surface area contributed by atoms with Crippen molar-refractivity contribution >= 4 is 40.8 Å². The SMILES string of the molecule is CCCOC(=O)c1cnc2nc(C)ccc2c1Nc1ccc2c(c1)CCC2.Cl. The standard InChI is InChI=1S/C22H23N3O2.ClH/c1-3-11-27-22(26)19-13-23-21-18(10-7-14(2)24-21)20(19)25-17-9-8-15-5-4-6-16(15)12-17;/h7-10,12-13H,3-6,11H2,1-2H3,(H,23,24,25);1H. The Kier molecular flexibility index (Phi) is 6.15. The average Bonchev–Trinajstić information content (AvgIpc) is 3.14. The third-order valence-electron chi connectivity index (χ3n) is 4.89. The van der Waals surface area contributed by atoms with Crippen molar-refractivity contribution in [2.24, 2.45) is 0 Å². The predicted octanol–water partition coefficient (Wildman–Crippen LogP) is 5.16. The minimum Gasteiger partial charge on any atom is -0.462 e. The Morgan fingerprint density at radius 2 is 2.00 bits per heavy atom. The fourth-order valence-electron chi connectivity index (χ4n) is 3.53. The van der Waals surface area contributed by atoms with Crippen LogP contribution in [0.25, 0.3) is 11.0 Å². The number of benzene rings is 1. The average molecular weight is 398 g/mol. The zero-order chi connectivity index (χ0) is 18.8. The Bertz CT molecular complexity index is 1020. The highest BCUT2D eigenvalue weighted by Gasteiger charge is 2.19. The molecule has 28 heavy (non-hydrogen) atoms. The number of esters is 1. The molecule has 0 fully saturated rings. The molecule has 0 atom stereocenters. The number of hydrogen-bond acceptors (Lipinski definition) is 5. The van der Waals surface area contributed by atoms with Gasteiger partial charge < -0.3 is 10.1 Å². The van der Waals surface area contributed by atoms with Crippen molar-refractivity contribution in [1.29, 1.82) is 0 Å². The minimum atomic E-state index is -0.365. The maximum atomic E-state index is 12.6. The number of carbonyl (C=O) groups is 1. The van der Waals surface area contributed by atoms with E-state index in [1.54, 1.807) is 6.20 Å². The Balaban J connectivity index is 0.00000225. The van der Waals surface area contributed by atoms with Gasteiger partial charge in [-0.1, -0.05) is 13.0 Å². The smallest absolute Gasteiger partial charge is 0.341 e. The molecule has 5 nitrogen and oxygen atoms in total. The summed E-state index contributed by atoms with van der Waals surface area (Å²) in [5, 5.41) is 4.25. The van der Waals surface area contributed by atoms with E-state index < -0.39 is 0 Å². The molecule has 146 valence electrons. The molecule has 4 rings (SSSR count). The van der Waals surface area contributed by atoms with Gasteiger partial charge >= 0.3 is 5.97 Å². The Labute approximate surface area is 171 Å². The monoisotopic (exact) mass is 397 g/mol. The largest absolute Gasteiger partial charge is 0.462 e. The molecule has 0 amide bonds. The van der Waals surface area contributed by atoms with Crippen LogP contribution in [0.4, 0.5) is 11.4 Å². The van der Waals surface area contributed by atoms with Crippen molar-refractivity contribution in [3.8, 4) is 0 Å². The van der Waals surface area contributed by atoms with E-state index in [-0.39, 0.29) is 18.4 Å². The van der Waals surface area contributed by atoms with Gasteiger partial charge in [0.25, 0.3) is 0 Å². The predicted molar refractivity (Wildman–Crippen MR) is 114 cm³/mol. The van der Waals surface area contributed by atoms with Crippen LogP contribution in [0, 0.1) is 6.92 Å². The summed E-state index contributed by atoms with van der Waals surface area (Å²) in [5.41, 5.74) is 6.40. The second-order valence-electron chi connectivity index (χ2n) is 6.97. The first-order valence-corrected chi connectivity index (χ1v) is 9.48. The molecule has 0 radical (unpaired) electrons. The van der Waals surface area contributed by atoms with E-state index in [1.807, 2.05) is 26.0 Å². The number of ether oxygens (including phenoxy) is 1. The van der Waals surface area contributed by atoms with Crippen LogP contribution in [0.3, 0.4) is 0 Å². The van der Waals surface area contributed by atoms with Gasteiger partial charge in [0, 0.05) is 23.0 Å². The number of nitrogens with zero attached hydrogens (tertiary/aromatic N) is 2. The molecule has 0 bridgehead atoms. The maximum absolute atomic E-state index is 12.6. The van der Waals surface area contributed by atoms with Crippen LogP contribution in [0.1, 0.15) is 46.9 Å². The topological polar surface area (TPSA) is 64.1 Å². The maximum Gasteiger partial charge on any atom is 0.341 e. The fourth-order valence-corrected chi connectivity index (χ4v) is 3.53. The van der Waals surface area contributed by atoms with E-state index in [2.05, 4.69) is 33.5 Å². The molecule has 1 aliphatic rings. The molecule has 1 N–H and O–H groups in total. The molecule has 0 spiro atoms. The number of rotatable bonds is 5. The van der Waals surface area contributed by atoms with Crippen molar-refractivity contribution in [3.05, 3.63) is 58.9 Å². The lowest BCUT2D eigenvalue weighted by molar-refractivity contribution is 0.0506. The van der Waals surface area contributed by atoms with E-state index in [0.29, 0.717) is 23.5 Å². The van der Waals surface area contributed by atoms with Gasteiger partial charge in [0.05, 0.1) is 12.3 Å². The summed E-state index contributed by atoms with van der Waals surface area (Å²) in [7, 11) is 0. The summed E-state index contributed by atoms with van der Waals surface area (Å²) >= 11 is 0. The van der Waals surface area contributed by atoms with Crippen LogP contribution in [-0.2, 0) is 17.6 Å². The second-order valence-corrected chi connectivity index (χ2v) is 6.97. The Hall–Kier alpha value is -2.66. The summed E-state index contributed by atoms with van der Waals surface area (Å²) in [6.45, 7) is 4.29. The number of halogens is 1. The Morgan fingerprint density at radius 3 is 2.82 bits per heavy atom. The van der Waals surface area contributed by atoms with E-state index >= 15 is 0 Å². The second kappa shape index (κ2) is 8.57. The number of carbonyl (C=O) groups excluding carboxylic acids is 1. The van der Waals surface area contributed by atoms with Crippen molar-refractivity contribution < 1.29 is 9.53 Å². The molecule has 3 aromatic rings. The first-order chi connectivity index (χ1) is 13.2. The molecule has 6 heteroatoms. The van der Waals surface area contributed by atoms with Gasteiger partial charge in [-0.15, -0.1) is 12.4 Å². The highest BCUT2D eigenvalue weighted by Crippen LogP contribution is 2.31. The molecular weight excluding hydrogens is 374 g/mol. The lowest BCUT2D eigenvalue weighted by Crippen LogP contribution is -2.10. The van der Waals surface area contributed by atoms with Gasteiger partial charge in [0.1, 0.15) is 5.56 Å². The van der Waals surface area contributed by atoms with Gasteiger partial charge in [0.15, 0.2) is 5.65 Å². The molecule has 0 aliphatic heterocycles. The third kappa shape index (κ3) is 3.94. The third-order valence-corrected chi connectivity index (χ3v) is 4.89.